The Morgan fingerprint density at radius 2 is 2.00 bits per heavy atom. The van der Waals surface area contributed by atoms with Crippen LogP contribution in [0.25, 0.3) is 0 Å². The van der Waals surface area contributed by atoms with Gasteiger partial charge in [0, 0.05) is 23.5 Å². The smallest absolute Gasteiger partial charge is 0.254 e. The van der Waals surface area contributed by atoms with E-state index in [4.69, 9.17) is 10.9 Å². The maximum atomic E-state index is 12.4. The summed E-state index contributed by atoms with van der Waals surface area (Å²) in [5.74, 6) is 0.340. The van der Waals surface area contributed by atoms with E-state index < -0.39 is 0 Å². The molecule has 3 N–H and O–H groups in total. The number of halogens is 1. The van der Waals surface area contributed by atoms with Gasteiger partial charge in [-0.1, -0.05) is 17.3 Å². The van der Waals surface area contributed by atoms with Crippen LogP contribution in [-0.4, -0.2) is 34.9 Å². The molecule has 0 spiro atoms. The van der Waals surface area contributed by atoms with E-state index in [0.29, 0.717) is 18.7 Å². The van der Waals surface area contributed by atoms with Crippen molar-refractivity contribution in [3.8, 4) is 0 Å². The van der Waals surface area contributed by atoms with Crippen LogP contribution < -0.4 is 5.73 Å². The maximum Gasteiger partial charge on any atom is 0.254 e. The fraction of sp³-hybridized carbons (Fsp3) is 0.385. The average molecular weight is 326 g/mol. The molecule has 1 saturated heterocycles. The largest absolute Gasteiger partial charge is 0.409 e. The van der Waals surface area contributed by atoms with Crippen molar-refractivity contribution >= 4 is 27.7 Å². The molecule has 1 amide bonds. The first-order valence-electron chi connectivity index (χ1n) is 6.14. The van der Waals surface area contributed by atoms with Crippen LogP contribution in [0.4, 0.5) is 0 Å². The quantitative estimate of drug-likeness (QED) is 0.378. The Hall–Kier alpha value is -1.56. The van der Waals surface area contributed by atoms with Gasteiger partial charge in [-0.2, -0.15) is 0 Å². The van der Waals surface area contributed by atoms with E-state index in [1.54, 1.807) is 4.90 Å². The Bertz CT molecular complexity index is 496. The van der Waals surface area contributed by atoms with Gasteiger partial charge in [-0.05, 0) is 40.9 Å². The van der Waals surface area contributed by atoms with E-state index >= 15 is 0 Å². The van der Waals surface area contributed by atoms with E-state index in [1.807, 2.05) is 24.3 Å². The Morgan fingerprint density at radius 3 is 2.58 bits per heavy atom. The number of piperidine rings is 1. The molecule has 0 bridgehead atoms. The summed E-state index contributed by atoms with van der Waals surface area (Å²) in [4.78, 5) is 14.2. The third-order valence-corrected chi connectivity index (χ3v) is 4.11. The average Bonchev–Trinajstić information content (AvgIpc) is 2.46. The van der Waals surface area contributed by atoms with Crippen LogP contribution in [-0.2, 0) is 0 Å². The van der Waals surface area contributed by atoms with E-state index in [-0.39, 0.29) is 17.7 Å². The number of amides is 1. The van der Waals surface area contributed by atoms with Crippen LogP contribution in [0.5, 0.6) is 0 Å². The van der Waals surface area contributed by atoms with Crippen molar-refractivity contribution in [1.82, 2.24) is 4.90 Å². The SMILES string of the molecule is NC(=NO)C1CCN(C(=O)c2ccccc2Br)CC1. The number of nitrogens with two attached hydrogens (primary N) is 1. The summed E-state index contributed by atoms with van der Waals surface area (Å²) in [5, 5.41) is 11.7. The molecule has 5 nitrogen and oxygen atoms in total. The minimum absolute atomic E-state index is 0.0189. The molecule has 0 atom stereocenters. The zero-order valence-corrected chi connectivity index (χ0v) is 12.0. The van der Waals surface area contributed by atoms with Crippen LogP contribution >= 0.6 is 15.9 Å². The minimum Gasteiger partial charge on any atom is -0.409 e. The van der Waals surface area contributed by atoms with Gasteiger partial charge in [0.1, 0.15) is 5.84 Å². The molecule has 19 heavy (non-hydrogen) atoms. The molecule has 1 fully saturated rings. The first kappa shape index (κ1) is 13.9. The molecule has 1 aromatic carbocycles. The number of hydrogen-bond donors (Lipinski definition) is 2. The number of rotatable bonds is 2. The number of oxime groups is 1. The number of likely N-dealkylation sites (tertiary alicyclic amines) is 1. The van der Waals surface area contributed by atoms with Crippen LogP contribution in [0, 0.1) is 5.92 Å². The Morgan fingerprint density at radius 1 is 1.37 bits per heavy atom. The third kappa shape index (κ3) is 3.07. The summed E-state index contributed by atoms with van der Waals surface area (Å²) in [6.07, 6.45) is 1.46. The number of hydrogen-bond acceptors (Lipinski definition) is 3. The fourth-order valence-corrected chi connectivity index (χ4v) is 2.72. The van der Waals surface area contributed by atoms with E-state index in [9.17, 15) is 4.79 Å². The van der Waals surface area contributed by atoms with Gasteiger partial charge in [0.25, 0.3) is 5.91 Å². The van der Waals surface area contributed by atoms with Gasteiger partial charge < -0.3 is 15.8 Å². The van der Waals surface area contributed by atoms with Crippen molar-refractivity contribution in [3.05, 3.63) is 34.3 Å². The molecule has 0 saturated carbocycles. The molecule has 1 aromatic rings. The zero-order chi connectivity index (χ0) is 13.8. The first-order chi connectivity index (χ1) is 9.13. The second kappa shape index (κ2) is 6.06. The Labute approximate surface area is 120 Å². The summed E-state index contributed by atoms with van der Waals surface area (Å²) in [5.41, 5.74) is 6.26. The third-order valence-electron chi connectivity index (χ3n) is 3.42. The molecule has 1 aliphatic heterocycles. The summed E-state index contributed by atoms with van der Waals surface area (Å²) in [7, 11) is 0. The van der Waals surface area contributed by atoms with Crippen LogP contribution in [0.1, 0.15) is 23.2 Å². The molecule has 1 heterocycles. The van der Waals surface area contributed by atoms with Crippen molar-refractivity contribution in [2.24, 2.45) is 16.8 Å². The number of nitrogens with zero attached hydrogens (tertiary/aromatic N) is 2. The minimum atomic E-state index is 0.0189. The van der Waals surface area contributed by atoms with E-state index in [1.165, 1.54) is 0 Å². The summed E-state index contributed by atoms with van der Waals surface area (Å²) >= 11 is 3.39. The number of amidine groups is 1. The van der Waals surface area contributed by atoms with Gasteiger partial charge in [0.05, 0.1) is 5.56 Å². The summed E-state index contributed by atoms with van der Waals surface area (Å²) in [6.45, 7) is 1.25. The lowest BCUT2D eigenvalue weighted by Crippen LogP contribution is -2.41. The highest BCUT2D eigenvalue weighted by Gasteiger charge is 2.26. The van der Waals surface area contributed by atoms with Gasteiger partial charge in [0.15, 0.2) is 0 Å². The molecule has 0 radical (unpaired) electrons. The molecule has 0 aromatic heterocycles. The highest BCUT2D eigenvalue weighted by molar-refractivity contribution is 9.10. The molecule has 0 aliphatic carbocycles. The molecule has 102 valence electrons. The fourth-order valence-electron chi connectivity index (χ4n) is 2.26. The lowest BCUT2D eigenvalue weighted by Gasteiger charge is -2.31. The molecule has 2 rings (SSSR count). The summed E-state index contributed by atoms with van der Waals surface area (Å²) < 4.78 is 0.804. The monoisotopic (exact) mass is 325 g/mol. The van der Waals surface area contributed by atoms with Gasteiger partial charge in [-0.25, -0.2) is 0 Å². The van der Waals surface area contributed by atoms with Crippen molar-refractivity contribution in [2.45, 2.75) is 12.8 Å². The first-order valence-corrected chi connectivity index (χ1v) is 6.94. The van der Waals surface area contributed by atoms with E-state index in [2.05, 4.69) is 21.1 Å². The Balaban J connectivity index is 2.02. The number of carbonyl (C=O) groups is 1. The van der Waals surface area contributed by atoms with Gasteiger partial charge in [0.2, 0.25) is 0 Å². The molecule has 0 unspecified atom stereocenters. The second-order valence-corrected chi connectivity index (χ2v) is 5.43. The van der Waals surface area contributed by atoms with Crippen molar-refractivity contribution in [1.29, 1.82) is 0 Å². The van der Waals surface area contributed by atoms with Crippen molar-refractivity contribution < 1.29 is 10.0 Å². The number of carbonyl (C=O) groups excluding carboxylic acids is 1. The molecular formula is C13H16BrN3O2. The molecule has 1 aliphatic rings. The standard InChI is InChI=1S/C13H16BrN3O2/c14-11-4-2-1-3-10(11)13(18)17-7-5-9(6-8-17)12(15)16-19/h1-4,9,19H,5-8H2,(H2,15,16). The molecule has 6 heteroatoms. The topological polar surface area (TPSA) is 78.9 Å². The summed E-state index contributed by atoms with van der Waals surface area (Å²) in [6, 6.07) is 7.39. The number of benzene rings is 1. The van der Waals surface area contributed by atoms with E-state index in [0.717, 1.165) is 17.3 Å². The Kier molecular flexibility index (Phi) is 4.42. The normalized spacial score (nSPS) is 17.5. The predicted molar refractivity (Wildman–Crippen MR) is 76.2 cm³/mol. The van der Waals surface area contributed by atoms with Crippen LogP contribution in [0.15, 0.2) is 33.9 Å². The maximum absolute atomic E-state index is 12.4. The van der Waals surface area contributed by atoms with Gasteiger partial charge in [-0.15, -0.1) is 0 Å². The van der Waals surface area contributed by atoms with Crippen molar-refractivity contribution in [2.75, 3.05) is 13.1 Å². The second-order valence-electron chi connectivity index (χ2n) is 4.57. The van der Waals surface area contributed by atoms with Crippen LogP contribution in [0.2, 0.25) is 0 Å². The van der Waals surface area contributed by atoms with Gasteiger partial charge in [-0.3, -0.25) is 4.79 Å². The van der Waals surface area contributed by atoms with Crippen molar-refractivity contribution in [3.63, 3.8) is 0 Å². The highest BCUT2D eigenvalue weighted by atomic mass is 79.9. The lowest BCUT2D eigenvalue weighted by atomic mass is 9.95. The predicted octanol–water partition coefficient (Wildman–Crippen LogP) is 2.05. The highest BCUT2D eigenvalue weighted by Crippen LogP contribution is 2.22. The molecular weight excluding hydrogens is 310 g/mol. The lowest BCUT2D eigenvalue weighted by molar-refractivity contribution is 0.0708. The van der Waals surface area contributed by atoms with Gasteiger partial charge >= 0.3 is 0 Å². The van der Waals surface area contributed by atoms with Crippen LogP contribution in [0.3, 0.4) is 0 Å². The zero-order valence-electron chi connectivity index (χ0n) is 10.4.